The number of sulfonamides is 1. The molecule has 2 aliphatic rings. The minimum atomic E-state index is -3.84. The minimum Gasteiger partial charge on any atom is -0.449 e. The number of hydrogen-bond donors (Lipinski definition) is 1. The fraction of sp³-hybridized carbons (Fsp3) is 0.571. The quantitative estimate of drug-likeness (QED) is 0.615. The Labute approximate surface area is 192 Å². The van der Waals surface area contributed by atoms with Crippen molar-refractivity contribution in [2.24, 2.45) is 0 Å². The molecule has 11 heteroatoms. The molecule has 1 aromatic rings. The van der Waals surface area contributed by atoms with Crippen molar-refractivity contribution < 1.29 is 27.5 Å². The zero-order valence-electron chi connectivity index (χ0n) is 17.8. The average Bonchev–Trinajstić information content (AvgIpc) is 2.80. The van der Waals surface area contributed by atoms with Crippen LogP contribution >= 0.6 is 11.6 Å². The van der Waals surface area contributed by atoms with Gasteiger partial charge in [-0.2, -0.15) is 9.57 Å². The second kappa shape index (κ2) is 10.2. The lowest BCUT2D eigenvalue weighted by Crippen LogP contribution is -2.52. The molecule has 1 aliphatic heterocycles. The van der Waals surface area contributed by atoms with Crippen molar-refractivity contribution in [1.82, 2.24) is 9.62 Å². The molecule has 0 radical (unpaired) electrons. The number of nitrogens with zero attached hydrogens (tertiary/aromatic N) is 2. The van der Waals surface area contributed by atoms with Crippen molar-refractivity contribution >= 4 is 33.5 Å². The SMILES string of the molecule is CC(OC(=O)c1cc(S(=O)(=O)N2CCOCC2)ccc1Cl)C(=O)NC1(C#N)CCCCC1. The molecule has 0 aromatic heterocycles. The predicted molar refractivity (Wildman–Crippen MR) is 115 cm³/mol. The molecule has 1 heterocycles. The number of nitrogens with one attached hydrogen (secondary N) is 1. The number of amides is 1. The van der Waals surface area contributed by atoms with Crippen LogP contribution in [-0.2, 0) is 24.3 Å². The number of hydrogen-bond acceptors (Lipinski definition) is 7. The summed E-state index contributed by atoms with van der Waals surface area (Å²) in [5, 5.41) is 12.2. The van der Waals surface area contributed by atoms with Gasteiger partial charge in [0.1, 0.15) is 5.54 Å². The molecule has 9 nitrogen and oxygen atoms in total. The fourth-order valence-corrected chi connectivity index (χ4v) is 5.42. The maximum atomic E-state index is 12.9. The van der Waals surface area contributed by atoms with E-state index in [1.54, 1.807) is 0 Å². The van der Waals surface area contributed by atoms with Crippen molar-refractivity contribution in [3.63, 3.8) is 0 Å². The smallest absolute Gasteiger partial charge is 0.340 e. The van der Waals surface area contributed by atoms with E-state index < -0.39 is 33.5 Å². The number of carbonyl (C=O) groups is 2. The molecule has 1 N–H and O–H groups in total. The molecular formula is C21H26ClN3O6S. The van der Waals surface area contributed by atoms with Crippen LogP contribution in [0.2, 0.25) is 5.02 Å². The summed E-state index contributed by atoms with van der Waals surface area (Å²) < 4.78 is 37.5. The largest absolute Gasteiger partial charge is 0.449 e. The van der Waals surface area contributed by atoms with Gasteiger partial charge in [-0.1, -0.05) is 30.9 Å². The first kappa shape index (κ1) is 24.5. The van der Waals surface area contributed by atoms with Crippen LogP contribution in [-0.4, -0.2) is 62.5 Å². The van der Waals surface area contributed by atoms with Crippen LogP contribution in [0, 0.1) is 11.3 Å². The zero-order chi connectivity index (χ0) is 23.4. The molecule has 1 aliphatic carbocycles. The molecule has 1 atom stereocenters. The van der Waals surface area contributed by atoms with Gasteiger partial charge < -0.3 is 14.8 Å². The fourth-order valence-electron chi connectivity index (χ4n) is 3.79. The Morgan fingerprint density at radius 1 is 1.25 bits per heavy atom. The first-order chi connectivity index (χ1) is 15.2. The van der Waals surface area contributed by atoms with Gasteiger partial charge in [0.15, 0.2) is 6.10 Å². The van der Waals surface area contributed by atoms with Gasteiger partial charge in [0, 0.05) is 13.1 Å². The number of rotatable bonds is 6. The van der Waals surface area contributed by atoms with E-state index in [1.807, 2.05) is 0 Å². The Morgan fingerprint density at radius 3 is 2.53 bits per heavy atom. The van der Waals surface area contributed by atoms with Crippen LogP contribution in [0.3, 0.4) is 0 Å². The van der Waals surface area contributed by atoms with Crippen LogP contribution in [0.4, 0.5) is 0 Å². The van der Waals surface area contributed by atoms with Gasteiger partial charge in [-0.15, -0.1) is 0 Å². The molecule has 1 saturated carbocycles. The molecule has 32 heavy (non-hydrogen) atoms. The highest BCUT2D eigenvalue weighted by molar-refractivity contribution is 7.89. The Kier molecular flexibility index (Phi) is 7.77. The lowest BCUT2D eigenvalue weighted by atomic mass is 9.83. The summed E-state index contributed by atoms with van der Waals surface area (Å²) in [7, 11) is -3.84. The van der Waals surface area contributed by atoms with E-state index in [1.165, 1.54) is 23.4 Å². The topological polar surface area (TPSA) is 126 Å². The average molecular weight is 484 g/mol. The van der Waals surface area contributed by atoms with Crippen LogP contribution < -0.4 is 5.32 Å². The molecule has 1 amide bonds. The summed E-state index contributed by atoms with van der Waals surface area (Å²) in [5.41, 5.74) is -1.12. The van der Waals surface area contributed by atoms with Crippen LogP contribution in [0.1, 0.15) is 49.4 Å². The predicted octanol–water partition coefficient (Wildman–Crippen LogP) is 2.25. The van der Waals surface area contributed by atoms with E-state index in [-0.39, 0.29) is 28.6 Å². The highest BCUT2D eigenvalue weighted by Crippen LogP contribution is 2.28. The molecule has 1 aromatic carbocycles. The number of nitriles is 1. The van der Waals surface area contributed by atoms with E-state index >= 15 is 0 Å². The lowest BCUT2D eigenvalue weighted by Gasteiger charge is -2.32. The summed E-state index contributed by atoms with van der Waals surface area (Å²) in [6.07, 6.45) is 2.58. The molecule has 0 spiro atoms. The van der Waals surface area contributed by atoms with Crippen molar-refractivity contribution in [1.29, 1.82) is 5.26 Å². The van der Waals surface area contributed by atoms with Crippen molar-refractivity contribution in [2.45, 2.75) is 55.6 Å². The lowest BCUT2D eigenvalue weighted by molar-refractivity contribution is -0.130. The van der Waals surface area contributed by atoms with Gasteiger partial charge >= 0.3 is 5.97 Å². The van der Waals surface area contributed by atoms with Gasteiger partial charge in [0.25, 0.3) is 5.91 Å². The van der Waals surface area contributed by atoms with Crippen LogP contribution in [0.5, 0.6) is 0 Å². The van der Waals surface area contributed by atoms with E-state index in [0.29, 0.717) is 26.1 Å². The molecule has 1 saturated heterocycles. The molecule has 3 rings (SSSR count). The molecule has 0 bridgehead atoms. The van der Waals surface area contributed by atoms with E-state index in [9.17, 15) is 23.3 Å². The second-order valence-corrected chi connectivity index (χ2v) is 10.3. The first-order valence-electron chi connectivity index (χ1n) is 10.5. The third-order valence-electron chi connectivity index (χ3n) is 5.70. The number of halogens is 1. The highest BCUT2D eigenvalue weighted by atomic mass is 35.5. The number of benzene rings is 1. The van der Waals surface area contributed by atoms with Crippen LogP contribution in [0.15, 0.2) is 23.1 Å². The molecule has 2 fully saturated rings. The summed E-state index contributed by atoms with van der Waals surface area (Å²) >= 11 is 6.12. The number of ether oxygens (including phenoxy) is 2. The van der Waals surface area contributed by atoms with E-state index in [0.717, 1.165) is 25.3 Å². The number of morpholine rings is 1. The molecule has 174 valence electrons. The Morgan fingerprint density at radius 2 is 1.91 bits per heavy atom. The monoisotopic (exact) mass is 483 g/mol. The number of esters is 1. The highest BCUT2D eigenvalue weighted by Gasteiger charge is 2.36. The third kappa shape index (κ3) is 5.41. The Hall–Kier alpha value is -2.19. The van der Waals surface area contributed by atoms with Gasteiger partial charge in [-0.05, 0) is 38.0 Å². The third-order valence-corrected chi connectivity index (χ3v) is 7.93. The molecular weight excluding hydrogens is 458 g/mol. The van der Waals surface area contributed by atoms with Gasteiger partial charge in [0.05, 0.1) is 34.8 Å². The summed E-state index contributed by atoms with van der Waals surface area (Å²) in [4.78, 5) is 25.2. The van der Waals surface area contributed by atoms with Crippen molar-refractivity contribution in [3.05, 3.63) is 28.8 Å². The van der Waals surface area contributed by atoms with E-state index in [2.05, 4.69) is 11.4 Å². The Balaban J connectivity index is 1.72. The first-order valence-corrected chi connectivity index (χ1v) is 12.3. The Bertz CT molecular complexity index is 1010. The summed E-state index contributed by atoms with van der Waals surface area (Å²) in [5.74, 6) is -1.51. The second-order valence-electron chi connectivity index (χ2n) is 7.95. The maximum absolute atomic E-state index is 12.9. The van der Waals surface area contributed by atoms with Crippen LogP contribution in [0.25, 0.3) is 0 Å². The van der Waals surface area contributed by atoms with Crippen molar-refractivity contribution in [2.75, 3.05) is 26.3 Å². The normalized spacial score (nSPS) is 20.0. The summed E-state index contributed by atoms with van der Waals surface area (Å²) in [6, 6.07) is 5.96. The van der Waals surface area contributed by atoms with Gasteiger partial charge in [0.2, 0.25) is 10.0 Å². The standard InChI is InChI=1S/C21H26ClN3O6S/c1-15(19(26)24-21(14-23)7-3-2-4-8-21)31-20(27)17-13-16(5-6-18(17)22)32(28,29)25-9-11-30-12-10-25/h5-6,13,15H,2-4,7-12H2,1H3,(H,24,26). The van der Waals surface area contributed by atoms with Gasteiger partial charge in [-0.25, -0.2) is 13.2 Å². The summed E-state index contributed by atoms with van der Waals surface area (Å²) in [6.45, 7) is 2.39. The zero-order valence-corrected chi connectivity index (χ0v) is 19.4. The van der Waals surface area contributed by atoms with E-state index in [4.69, 9.17) is 21.1 Å². The number of carbonyl (C=O) groups excluding carboxylic acids is 2. The minimum absolute atomic E-state index is 0.00399. The maximum Gasteiger partial charge on any atom is 0.340 e. The molecule has 1 unspecified atom stereocenters. The van der Waals surface area contributed by atoms with Gasteiger partial charge in [-0.3, -0.25) is 4.79 Å². The van der Waals surface area contributed by atoms with Crippen molar-refractivity contribution in [3.8, 4) is 6.07 Å².